The Hall–Kier alpha value is -6.81. The van der Waals surface area contributed by atoms with Crippen LogP contribution in [0.25, 0.3) is 44.4 Å². The van der Waals surface area contributed by atoms with Crippen LogP contribution in [0, 0.1) is 0 Å². The van der Waals surface area contributed by atoms with E-state index in [4.69, 9.17) is 0 Å². The molecule has 259 valence electrons. The molecule has 3 aromatic heterocycles. The molecule has 0 aliphatic carbocycles. The van der Waals surface area contributed by atoms with E-state index in [1.165, 1.54) is 0 Å². The summed E-state index contributed by atoms with van der Waals surface area (Å²) in [6.45, 7) is 0. The van der Waals surface area contributed by atoms with Gasteiger partial charge in [0.1, 0.15) is 0 Å². The molecular formula is C44H30CoN4O4. The second kappa shape index (κ2) is 18.4. The van der Waals surface area contributed by atoms with Crippen molar-refractivity contribution in [2.24, 2.45) is 0 Å². The van der Waals surface area contributed by atoms with Gasteiger partial charge in [0.2, 0.25) is 0 Å². The summed E-state index contributed by atoms with van der Waals surface area (Å²) in [4.78, 5) is 41.2. The number of rotatable bonds is 6. The van der Waals surface area contributed by atoms with Crippen molar-refractivity contribution in [1.82, 2.24) is 19.9 Å². The fourth-order valence-electron chi connectivity index (χ4n) is 5.28. The monoisotopic (exact) mass is 737 g/mol. The van der Waals surface area contributed by atoms with E-state index in [0.29, 0.717) is 22.3 Å². The topological polar surface area (TPSA) is 132 Å². The van der Waals surface area contributed by atoms with Gasteiger partial charge in [0.15, 0.2) is 11.6 Å². The number of aromatic nitrogens is 4. The number of nitrogens with zero attached hydrogens (tertiary/aromatic N) is 4. The van der Waals surface area contributed by atoms with Crippen LogP contribution >= 0.6 is 0 Å². The first kappa shape index (κ1) is 37.4. The minimum Gasteiger partial charge on any atom is -0.872 e. The van der Waals surface area contributed by atoms with Crippen molar-refractivity contribution in [3.63, 3.8) is 0 Å². The fraction of sp³-hybridized carbons (Fsp3) is 0. The molecule has 0 saturated heterocycles. The van der Waals surface area contributed by atoms with E-state index in [0.717, 1.165) is 45.0 Å². The van der Waals surface area contributed by atoms with E-state index in [1.54, 1.807) is 122 Å². The Morgan fingerprint density at radius 1 is 0.377 bits per heavy atom. The molecule has 0 amide bonds. The van der Waals surface area contributed by atoms with Crippen LogP contribution in [0.5, 0.6) is 0 Å². The van der Waals surface area contributed by atoms with Gasteiger partial charge in [0.05, 0.1) is 22.1 Å². The second-order valence-corrected chi connectivity index (χ2v) is 11.3. The molecule has 0 unspecified atom stereocenters. The maximum Gasteiger partial charge on any atom is 2.00 e. The molecule has 0 atom stereocenters. The third-order valence-corrected chi connectivity index (χ3v) is 7.81. The van der Waals surface area contributed by atoms with Gasteiger partial charge in [-0.05, 0) is 47.5 Å². The molecule has 0 saturated carbocycles. The fourth-order valence-corrected chi connectivity index (χ4v) is 5.28. The Bertz CT molecular complexity index is 2190. The third-order valence-electron chi connectivity index (χ3n) is 7.81. The van der Waals surface area contributed by atoms with Crippen LogP contribution in [0.15, 0.2) is 183 Å². The summed E-state index contributed by atoms with van der Waals surface area (Å²) in [5.74, 6) is -1.06. The summed E-state index contributed by atoms with van der Waals surface area (Å²) < 4.78 is 0. The van der Waals surface area contributed by atoms with E-state index in [2.05, 4.69) is 19.9 Å². The quantitative estimate of drug-likeness (QED) is 0.0754. The number of allylic oxidation sites excluding steroid dienone is 2. The zero-order valence-electron chi connectivity index (χ0n) is 28.1. The van der Waals surface area contributed by atoms with Gasteiger partial charge in [0.25, 0.3) is 0 Å². The van der Waals surface area contributed by atoms with Gasteiger partial charge in [-0.15, -0.1) is 0 Å². The van der Waals surface area contributed by atoms with Gasteiger partial charge in [-0.2, -0.15) is 0 Å². The molecule has 1 radical (unpaired) electrons. The van der Waals surface area contributed by atoms with Gasteiger partial charge in [-0.3, -0.25) is 29.5 Å². The Morgan fingerprint density at radius 3 is 0.981 bits per heavy atom. The first-order valence-electron chi connectivity index (χ1n) is 16.3. The SMILES string of the molecule is O=C(/C=C(/[O-])c1ccccc1)c1ccccc1.O=C(/C=C(\[O-])c1ccccc1)c1ccccc1.[Co+2].c1cnc2c(c1)c1nccnc1c1cccnc12. The molecule has 5 aromatic carbocycles. The van der Waals surface area contributed by atoms with E-state index in [1.807, 2.05) is 48.5 Å². The van der Waals surface area contributed by atoms with Crippen LogP contribution in [0.3, 0.4) is 0 Å². The number of ketones is 2. The van der Waals surface area contributed by atoms with Crippen molar-refractivity contribution in [2.45, 2.75) is 0 Å². The zero-order chi connectivity index (χ0) is 36.1. The molecule has 9 heteroatoms. The van der Waals surface area contributed by atoms with E-state index in [-0.39, 0.29) is 39.9 Å². The van der Waals surface area contributed by atoms with Crippen molar-refractivity contribution in [2.75, 3.05) is 0 Å². The average Bonchev–Trinajstić information content (AvgIpc) is 3.22. The van der Waals surface area contributed by atoms with Gasteiger partial charge in [-0.1, -0.05) is 133 Å². The summed E-state index contributed by atoms with van der Waals surface area (Å²) in [5.41, 5.74) is 5.60. The molecule has 0 spiro atoms. The maximum atomic E-state index is 11.8. The number of carbonyl (C=O) groups excluding carboxylic acids is 2. The molecule has 3 heterocycles. The van der Waals surface area contributed by atoms with Crippen molar-refractivity contribution < 1.29 is 36.6 Å². The summed E-state index contributed by atoms with van der Waals surface area (Å²) in [5, 5.41) is 25.5. The molecule has 8 nitrogen and oxygen atoms in total. The van der Waals surface area contributed by atoms with Gasteiger partial charge in [-0.25, -0.2) is 0 Å². The van der Waals surface area contributed by atoms with Gasteiger partial charge >= 0.3 is 16.8 Å². The first-order valence-corrected chi connectivity index (χ1v) is 16.3. The molecule has 0 fully saturated rings. The average molecular weight is 738 g/mol. The second-order valence-electron chi connectivity index (χ2n) is 11.3. The predicted octanol–water partition coefficient (Wildman–Crippen LogP) is 7.27. The van der Waals surface area contributed by atoms with Crippen LogP contribution in [-0.2, 0) is 16.8 Å². The normalized spacial score (nSPS) is 11.0. The minimum atomic E-state index is -0.264. The molecular weight excluding hydrogens is 707 g/mol. The van der Waals surface area contributed by atoms with Crippen molar-refractivity contribution in [1.29, 1.82) is 0 Å². The Morgan fingerprint density at radius 2 is 0.660 bits per heavy atom. The number of hydrogen-bond donors (Lipinski definition) is 0. The number of carbonyl (C=O) groups is 2. The minimum absolute atomic E-state index is 0. The van der Waals surface area contributed by atoms with Crippen molar-refractivity contribution in [3.8, 4) is 0 Å². The Labute approximate surface area is 316 Å². The van der Waals surface area contributed by atoms with Crippen LogP contribution in [0.1, 0.15) is 31.8 Å². The summed E-state index contributed by atoms with van der Waals surface area (Å²) in [6.07, 6.45) is 9.22. The van der Waals surface area contributed by atoms with E-state index >= 15 is 0 Å². The van der Waals surface area contributed by atoms with E-state index in [9.17, 15) is 19.8 Å². The molecule has 8 rings (SSSR count). The van der Waals surface area contributed by atoms with Crippen LogP contribution in [0.4, 0.5) is 0 Å². The molecule has 0 aliphatic heterocycles. The Kier molecular flexibility index (Phi) is 13.0. The number of hydrogen-bond acceptors (Lipinski definition) is 8. The summed E-state index contributed by atoms with van der Waals surface area (Å²) in [6, 6.07) is 42.9. The van der Waals surface area contributed by atoms with E-state index < -0.39 is 0 Å². The van der Waals surface area contributed by atoms with Crippen LogP contribution in [0.2, 0.25) is 0 Å². The molecule has 8 aromatic rings. The largest absolute Gasteiger partial charge is 2.00 e. The molecule has 0 N–H and O–H groups in total. The Balaban J connectivity index is 0.000000152. The maximum absolute atomic E-state index is 11.8. The molecule has 0 aliphatic rings. The summed E-state index contributed by atoms with van der Waals surface area (Å²) >= 11 is 0. The van der Waals surface area contributed by atoms with Crippen LogP contribution < -0.4 is 10.2 Å². The molecule has 0 bridgehead atoms. The van der Waals surface area contributed by atoms with Crippen molar-refractivity contribution in [3.05, 3.63) is 205 Å². The molecule has 53 heavy (non-hydrogen) atoms. The predicted molar refractivity (Wildman–Crippen MR) is 201 cm³/mol. The van der Waals surface area contributed by atoms with Crippen molar-refractivity contribution >= 4 is 55.9 Å². The van der Waals surface area contributed by atoms with Crippen LogP contribution in [-0.4, -0.2) is 31.5 Å². The number of fused-ring (bicyclic) bond motifs is 6. The van der Waals surface area contributed by atoms with Gasteiger partial charge < -0.3 is 10.2 Å². The van der Waals surface area contributed by atoms with Gasteiger partial charge in [0, 0.05) is 46.7 Å². The first-order chi connectivity index (χ1) is 25.5. The zero-order valence-corrected chi connectivity index (χ0v) is 29.1. The number of benzene rings is 5. The number of pyridine rings is 2. The third kappa shape index (κ3) is 9.50. The summed E-state index contributed by atoms with van der Waals surface area (Å²) in [7, 11) is 0. The smallest absolute Gasteiger partial charge is 0.872 e. The standard InChI is InChI=1S/2C15H12O2.C14H8N4.Co/c2*16-14(12-7-3-1-4-8-12)11-15(17)13-9-5-2-6-10-13;1-3-9-11(15-5-1)12-10(4-2-6-16-12)14-13(9)17-7-8-18-14;/h2*1-11,16H;1-8H;/q;;;+2/p-2/b14-11+;14-11-;;.